The molecule has 0 saturated carbocycles. The van der Waals surface area contributed by atoms with Gasteiger partial charge in [-0.05, 0) is 72.5 Å². The molecule has 170 valence electrons. The van der Waals surface area contributed by atoms with Crippen molar-refractivity contribution < 1.29 is 0 Å². The molecule has 5 nitrogen and oxygen atoms in total. The maximum absolute atomic E-state index is 5.01. The van der Waals surface area contributed by atoms with Gasteiger partial charge in [0.15, 0.2) is 0 Å². The molecule has 0 spiro atoms. The summed E-state index contributed by atoms with van der Waals surface area (Å²) in [6, 6.07) is 23.7. The van der Waals surface area contributed by atoms with E-state index in [0.717, 1.165) is 49.5 Å². The minimum Gasteiger partial charge on any atom is -0.354 e. The standard InChI is InChI=1S/C31H21N5/c1-17-6-3-4-7-19(17)22-15-25-23(14-18(22)2)20-9-10-21-28(29(20)34-25)30-26(8-5-12-33-30)36-27-16-32-13-11-24(27)35-31(21)36/h3-16,34H,1-2H3. The van der Waals surface area contributed by atoms with Gasteiger partial charge in [-0.3, -0.25) is 14.4 Å². The Labute approximate surface area is 206 Å². The van der Waals surface area contributed by atoms with E-state index in [4.69, 9.17) is 9.97 Å². The summed E-state index contributed by atoms with van der Waals surface area (Å²) >= 11 is 0. The molecule has 8 rings (SSSR count). The number of benzene rings is 3. The fourth-order valence-electron chi connectivity index (χ4n) is 5.84. The highest BCUT2D eigenvalue weighted by molar-refractivity contribution is 6.26. The second kappa shape index (κ2) is 6.89. The molecule has 0 radical (unpaired) electrons. The first-order valence-corrected chi connectivity index (χ1v) is 12.1. The van der Waals surface area contributed by atoms with E-state index in [0.29, 0.717) is 0 Å². The minimum absolute atomic E-state index is 0.922. The van der Waals surface area contributed by atoms with Gasteiger partial charge in [-0.15, -0.1) is 0 Å². The summed E-state index contributed by atoms with van der Waals surface area (Å²) in [5.74, 6) is 0. The van der Waals surface area contributed by atoms with Gasteiger partial charge in [0.05, 0.1) is 33.8 Å². The highest BCUT2D eigenvalue weighted by Crippen LogP contribution is 2.39. The van der Waals surface area contributed by atoms with Gasteiger partial charge >= 0.3 is 0 Å². The van der Waals surface area contributed by atoms with E-state index in [9.17, 15) is 0 Å². The molecule has 0 fully saturated rings. The number of aromatic nitrogens is 5. The van der Waals surface area contributed by atoms with Crippen molar-refractivity contribution in [2.75, 3.05) is 0 Å². The second-order valence-corrected chi connectivity index (χ2v) is 9.57. The molecule has 0 aliphatic carbocycles. The number of rotatable bonds is 1. The molecule has 0 saturated heterocycles. The van der Waals surface area contributed by atoms with Gasteiger partial charge in [-0.1, -0.05) is 30.3 Å². The molecule has 36 heavy (non-hydrogen) atoms. The van der Waals surface area contributed by atoms with Gasteiger partial charge in [0.25, 0.3) is 0 Å². The summed E-state index contributed by atoms with van der Waals surface area (Å²) in [7, 11) is 0. The third-order valence-electron chi connectivity index (χ3n) is 7.52. The molecule has 0 bridgehead atoms. The predicted octanol–water partition coefficient (Wildman–Crippen LogP) is 7.50. The highest BCUT2D eigenvalue weighted by atomic mass is 15.0. The summed E-state index contributed by atoms with van der Waals surface area (Å²) in [5, 5.41) is 4.60. The van der Waals surface area contributed by atoms with E-state index in [2.05, 4.69) is 82.8 Å². The van der Waals surface area contributed by atoms with E-state index in [1.54, 1.807) is 6.20 Å². The van der Waals surface area contributed by atoms with Crippen LogP contribution in [0.15, 0.2) is 85.3 Å². The van der Waals surface area contributed by atoms with Crippen molar-refractivity contribution >= 4 is 60.3 Å². The van der Waals surface area contributed by atoms with Gasteiger partial charge in [0.2, 0.25) is 0 Å². The number of aromatic amines is 1. The number of nitrogens with one attached hydrogen (secondary N) is 1. The largest absolute Gasteiger partial charge is 0.354 e. The number of imidazole rings is 1. The molecule has 5 aromatic heterocycles. The Hall–Kier alpha value is -4.77. The number of fused-ring (bicyclic) bond motifs is 12. The van der Waals surface area contributed by atoms with Crippen LogP contribution in [0.3, 0.4) is 0 Å². The fourth-order valence-corrected chi connectivity index (χ4v) is 5.84. The van der Waals surface area contributed by atoms with Crippen LogP contribution in [-0.2, 0) is 0 Å². The Kier molecular flexibility index (Phi) is 3.74. The first-order valence-electron chi connectivity index (χ1n) is 12.1. The zero-order valence-corrected chi connectivity index (χ0v) is 19.9. The summed E-state index contributed by atoms with van der Waals surface area (Å²) in [5.41, 5.74) is 12.1. The molecule has 8 aromatic rings. The molecular formula is C31H21N5. The lowest BCUT2D eigenvalue weighted by molar-refractivity contribution is 1.27. The maximum Gasteiger partial charge on any atom is 0.146 e. The molecule has 0 atom stereocenters. The van der Waals surface area contributed by atoms with E-state index < -0.39 is 0 Å². The van der Waals surface area contributed by atoms with Crippen LogP contribution in [-0.4, -0.2) is 24.3 Å². The normalized spacial score (nSPS) is 12.2. The van der Waals surface area contributed by atoms with Gasteiger partial charge in [0.1, 0.15) is 5.65 Å². The van der Waals surface area contributed by atoms with Gasteiger partial charge in [-0.2, -0.15) is 0 Å². The van der Waals surface area contributed by atoms with Crippen LogP contribution in [0, 0.1) is 13.8 Å². The lowest BCUT2D eigenvalue weighted by Crippen LogP contribution is -1.93. The third-order valence-corrected chi connectivity index (χ3v) is 7.52. The van der Waals surface area contributed by atoms with Crippen LogP contribution in [0.5, 0.6) is 0 Å². The van der Waals surface area contributed by atoms with E-state index in [1.165, 1.54) is 33.0 Å². The summed E-state index contributed by atoms with van der Waals surface area (Å²) in [4.78, 5) is 18.0. The third kappa shape index (κ3) is 2.46. The Morgan fingerprint density at radius 3 is 2.56 bits per heavy atom. The zero-order valence-electron chi connectivity index (χ0n) is 19.9. The van der Waals surface area contributed by atoms with Crippen LogP contribution in [0.4, 0.5) is 0 Å². The van der Waals surface area contributed by atoms with Crippen molar-refractivity contribution in [1.82, 2.24) is 24.3 Å². The molecule has 0 amide bonds. The summed E-state index contributed by atoms with van der Waals surface area (Å²) < 4.78 is 2.18. The van der Waals surface area contributed by atoms with Crippen molar-refractivity contribution in [2.45, 2.75) is 13.8 Å². The van der Waals surface area contributed by atoms with Crippen molar-refractivity contribution in [3.63, 3.8) is 0 Å². The molecule has 5 heterocycles. The lowest BCUT2D eigenvalue weighted by atomic mass is 9.95. The first-order chi connectivity index (χ1) is 17.7. The molecule has 0 aliphatic rings. The molecule has 0 unspecified atom stereocenters. The van der Waals surface area contributed by atoms with Crippen molar-refractivity contribution in [3.8, 4) is 11.1 Å². The topological polar surface area (TPSA) is 58.9 Å². The Bertz CT molecular complexity index is 2180. The maximum atomic E-state index is 5.01. The average Bonchev–Trinajstić information content (AvgIpc) is 3.47. The van der Waals surface area contributed by atoms with Gasteiger partial charge in [-0.25, -0.2) is 4.98 Å². The smallest absolute Gasteiger partial charge is 0.146 e. The second-order valence-electron chi connectivity index (χ2n) is 9.57. The van der Waals surface area contributed by atoms with Crippen LogP contribution in [0.1, 0.15) is 11.1 Å². The van der Waals surface area contributed by atoms with Gasteiger partial charge < -0.3 is 4.98 Å². The number of aryl methyl sites for hydroxylation is 2. The SMILES string of the molecule is Cc1ccccc1-c1cc2[nH]c3c(ccc4c3c3ncccc3n3c5cnccc5nc43)c2cc1C. The van der Waals surface area contributed by atoms with Crippen LogP contribution in [0.25, 0.3) is 71.4 Å². The number of H-pyrrole nitrogens is 1. The first kappa shape index (κ1) is 19.5. The summed E-state index contributed by atoms with van der Waals surface area (Å²) in [6.07, 6.45) is 5.54. The molecule has 1 N–H and O–H groups in total. The average molecular weight is 464 g/mol. The van der Waals surface area contributed by atoms with E-state index in [1.807, 2.05) is 24.5 Å². The van der Waals surface area contributed by atoms with Gasteiger partial charge in [0, 0.05) is 39.5 Å². The number of hydrogen-bond acceptors (Lipinski definition) is 3. The monoisotopic (exact) mass is 463 g/mol. The van der Waals surface area contributed by atoms with E-state index >= 15 is 0 Å². The minimum atomic E-state index is 0.922. The molecule has 3 aromatic carbocycles. The zero-order chi connectivity index (χ0) is 24.0. The fraction of sp³-hybridized carbons (Fsp3) is 0.0645. The number of hydrogen-bond donors (Lipinski definition) is 1. The number of nitrogens with zero attached hydrogens (tertiary/aromatic N) is 4. The number of pyridine rings is 3. The predicted molar refractivity (Wildman–Crippen MR) is 148 cm³/mol. The molecule has 0 aliphatic heterocycles. The molecular weight excluding hydrogens is 442 g/mol. The van der Waals surface area contributed by atoms with Crippen LogP contribution in [0.2, 0.25) is 0 Å². The highest BCUT2D eigenvalue weighted by Gasteiger charge is 2.19. The van der Waals surface area contributed by atoms with Crippen LogP contribution < -0.4 is 0 Å². The van der Waals surface area contributed by atoms with E-state index in [-0.39, 0.29) is 0 Å². The van der Waals surface area contributed by atoms with Crippen molar-refractivity contribution in [2.24, 2.45) is 0 Å². The Morgan fingerprint density at radius 2 is 1.64 bits per heavy atom. The van der Waals surface area contributed by atoms with Crippen molar-refractivity contribution in [3.05, 3.63) is 96.4 Å². The molecule has 5 heteroatoms. The Morgan fingerprint density at radius 1 is 0.750 bits per heavy atom. The summed E-state index contributed by atoms with van der Waals surface area (Å²) in [6.45, 7) is 4.37. The van der Waals surface area contributed by atoms with Crippen LogP contribution >= 0.6 is 0 Å². The van der Waals surface area contributed by atoms with Crippen molar-refractivity contribution in [1.29, 1.82) is 0 Å². The lowest BCUT2D eigenvalue weighted by Gasteiger charge is -2.10. The quantitative estimate of drug-likeness (QED) is 0.256. The Balaban J connectivity index is 1.55.